The van der Waals surface area contributed by atoms with Crippen molar-refractivity contribution in [2.75, 3.05) is 0 Å². The molecule has 0 radical (unpaired) electrons. The van der Waals surface area contributed by atoms with Gasteiger partial charge in [0.2, 0.25) is 0 Å². The van der Waals surface area contributed by atoms with Crippen molar-refractivity contribution in [3.8, 4) is 0 Å². The van der Waals surface area contributed by atoms with Crippen LogP contribution in [0.25, 0.3) is 24.3 Å². The molecule has 0 spiro atoms. The van der Waals surface area contributed by atoms with Crippen LogP contribution in [0.15, 0.2) is 57.4 Å². The number of furan rings is 2. The molecule has 1 aliphatic rings. The predicted octanol–water partition coefficient (Wildman–Crippen LogP) is 0.821. The molecule has 0 aliphatic carbocycles. The van der Waals surface area contributed by atoms with Gasteiger partial charge in [0, 0.05) is 0 Å². The molecule has 0 atom stereocenters. The van der Waals surface area contributed by atoms with Crippen molar-refractivity contribution in [1.82, 2.24) is 0 Å². The Morgan fingerprint density at radius 1 is 0.444 bits per heavy atom. The van der Waals surface area contributed by atoms with Crippen molar-refractivity contribution in [1.29, 1.82) is 0 Å². The van der Waals surface area contributed by atoms with Gasteiger partial charge in [-0.3, -0.25) is 0 Å². The first-order valence-corrected chi connectivity index (χ1v) is 5.79. The Morgan fingerprint density at radius 3 is 1.28 bits per heavy atom. The Labute approximate surface area is 104 Å². The lowest BCUT2D eigenvalue weighted by Crippen LogP contribution is -2.01. The molecule has 88 valence electrons. The zero-order chi connectivity index (χ0) is 12.2. The van der Waals surface area contributed by atoms with Gasteiger partial charge in [-0.2, -0.15) is 0 Å². The molecule has 2 aromatic heterocycles. The molecule has 0 unspecified atom stereocenters. The first kappa shape index (κ1) is 10.7. The molecule has 3 rings (SSSR count). The fraction of sp³-hybridized carbons (Fsp3) is 0. The first-order chi connectivity index (χ1) is 8.90. The van der Waals surface area contributed by atoms with Crippen LogP contribution < -0.4 is 21.7 Å². The molecule has 0 saturated carbocycles. The maximum atomic E-state index is 5.61. The summed E-state index contributed by atoms with van der Waals surface area (Å²) in [4.78, 5) is 0. The second kappa shape index (κ2) is 4.80. The number of hydrogen-bond donors (Lipinski definition) is 0. The Hall–Kier alpha value is -2.48. The summed E-state index contributed by atoms with van der Waals surface area (Å²) < 4.78 is 11.2. The molecule has 2 aromatic rings. The van der Waals surface area contributed by atoms with Crippen LogP contribution in [-0.2, 0) is 0 Å². The van der Waals surface area contributed by atoms with Crippen LogP contribution in [0.4, 0.5) is 0 Å². The molecule has 0 amide bonds. The third-order valence-electron chi connectivity index (χ3n) is 2.56. The van der Waals surface area contributed by atoms with E-state index in [9.17, 15) is 0 Å². The SMILES string of the molecule is C1=c2ccc(o2)=C/C=c2/cc\c(o2)=C/C=C\C=C/1. The van der Waals surface area contributed by atoms with Gasteiger partial charge in [-0.25, -0.2) is 0 Å². The van der Waals surface area contributed by atoms with Gasteiger partial charge in [-0.15, -0.1) is 0 Å². The smallest absolute Gasteiger partial charge is 0.127 e. The fourth-order valence-corrected chi connectivity index (χ4v) is 1.69. The van der Waals surface area contributed by atoms with E-state index >= 15 is 0 Å². The van der Waals surface area contributed by atoms with Crippen LogP contribution >= 0.6 is 0 Å². The summed E-state index contributed by atoms with van der Waals surface area (Å²) >= 11 is 0. The van der Waals surface area contributed by atoms with E-state index in [1.54, 1.807) is 0 Å². The normalized spacial score (nSPS) is 21.1. The lowest BCUT2D eigenvalue weighted by Gasteiger charge is -1.78. The summed E-state index contributed by atoms with van der Waals surface area (Å²) in [5.41, 5.74) is 3.29. The van der Waals surface area contributed by atoms with Gasteiger partial charge >= 0.3 is 0 Å². The summed E-state index contributed by atoms with van der Waals surface area (Å²) in [6.07, 6.45) is 15.4. The van der Waals surface area contributed by atoms with Crippen LogP contribution in [0.1, 0.15) is 0 Å². The van der Waals surface area contributed by atoms with E-state index in [2.05, 4.69) is 0 Å². The molecular weight excluding hydrogens is 224 g/mol. The molecule has 0 fully saturated rings. The molecule has 4 bridgehead atoms. The van der Waals surface area contributed by atoms with Crippen LogP contribution in [0, 0.1) is 0 Å². The second-order valence-corrected chi connectivity index (χ2v) is 3.92. The van der Waals surface area contributed by atoms with Crippen molar-refractivity contribution >= 4 is 24.3 Å². The lowest BCUT2D eigenvalue weighted by molar-refractivity contribution is 0.499. The second-order valence-electron chi connectivity index (χ2n) is 3.92. The zero-order valence-electron chi connectivity index (χ0n) is 9.74. The standard InChI is InChI=1S/C16H12O2/c1-2-4-6-14-8-10-16(18-14)12-11-15-9-7-13(17-15)5-3-1/h1-12H/b2-1?,3-1-,4-2-,5-3?,6-4?,12-11?,13-5+,14-6?,15-11-,16-12?. The van der Waals surface area contributed by atoms with Crippen LogP contribution in [0.2, 0.25) is 0 Å². The Bertz CT molecular complexity index is 754. The van der Waals surface area contributed by atoms with Gasteiger partial charge in [0.25, 0.3) is 0 Å². The summed E-state index contributed by atoms with van der Waals surface area (Å²) in [5.74, 6) is 0. The molecule has 0 aromatic carbocycles. The largest absolute Gasteiger partial charge is 0.457 e. The molecule has 0 saturated heterocycles. The average Bonchev–Trinajstić information content (AvgIpc) is 2.99. The molecule has 3 heterocycles. The van der Waals surface area contributed by atoms with E-state index in [1.807, 2.05) is 72.9 Å². The van der Waals surface area contributed by atoms with Crippen molar-refractivity contribution in [3.05, 3.63) is 70.2 Å². The Morgan fingerprint density at radius 2 is 0.833 bits per heavy atom. The topological polar surface area (TPSA) is 26.3 Å². The Kier molecular flexibility index (Phi) is 2.84. The lowest BCUT2D eigenvalue weighted by atomic mass is 10.4. The maximum Gasteiger partial charge on any atom is 0.127 e. The predicted molar refractivity (Wildman–Crippen MR) is 72.1 cm³/mol. The highest BCUT2D eigenvalue weighted by Crippen LogP contribution is 1.83. The van der Waals surface area contributed by atoms with Gasteiger partial charge in [0.1, 0.15) is 21.7 Å². The van der Waals surface area contributed by atoms with Gasteiger partial charge in [0.15, 0.2) is 0 Å². The van der Waals surface area contributed by atoms with Crippen molar-refractivity contribution in [2.45, 2.75) is 0 Å². The van der Waals surface area contributed by atoms with Gasteiger partial charge < -0.3 is 8.83 Å². The highest BCUT2D eigenvalue weighted by Gasteiger charge is 1.86. The third-order valence-corrected chi connectivity index (χ3v) is 2.56. The van der Waals surface area contributed by atoms with E-state index in [0.29, 0.717) is 0 Å². The minimum atomic E-state index is 0.809. The number of fused-ring (bicyclic) bond motifs is 4. The van der Waals surface area contributed by atoms with E-state index in [-0.39, 0.29) is 0 Å². The molecule has 1 aliphatic heterocycles. The van der Waals surface area contributed by atoms with E-state index in [1.165, 1.54) is 0 Å². The molecule has 0 N–H and O–H groups in total. The van der Waals surface area contributed by atoms with Gasteiger partial charge in [-0.05, 0) is 48.6 Å². The quantitative estimate of drug-likeness (QED) is 0.677. The van der Waals surface area contributed by atoms with Crippen LogP contribution in [0.5, 0.6) is 0 Å². The zero-order valence-corrected chi connectivity index (χ0v) is 9.74. The van der Waals surface area contributed by atoms with Crippen molar-refractivity contribution in [2.24, 2.45) is 0 Å². The molecule has 2 heteroatoms. The summed E-state index contributed by atoms with van der Waals surface area (Å²) in [7, 11) is 0. The van der Waals surface area contributed by atoms with E-state index in [4.69, 9.17) is 8.83 Å². The van der Waals surface area contributed by atoms with E-state index in [0.717, 1.165) is 21.7 Å². The molecular formula is C16H12O2. The minimum Gasteiger partial charge on any atom is -0.457 e. The summed E-state index contributed by atoms with van der Waals surface area (Å²) in [6.45, 7) is 0. The fourth-order valence-electron chi connectivity index (χ4n) is 1.69. The van der Waals surface area contributed by atoms with Crippen LogP contribution in [-0.4, -0.2) is 0 Å². The number of allylic oxidation sites excluding steroid dienone is 4. The number of rotatable bonds is 0. The third kappa shape index (κ3) is 2.43. The highest BCUT2D eigenvalue weighted by atomic mass is 16.3. The monoisotopic (exact) mass is 236 g/mol. The van der Waals surface area contributed by atoms with Crippen molar-refractivity contribution < 1.29 is 8.83 Å². The number of hydrogen-bond acceptors (Lipinski definition) is 2. The highest BCUT2D eigenvalue weighted by molar-refractivity contribution is 5.58. The molecule has 18 heavy (non-hydrogen) atoms. The first-order valence-electron chi connectivity index (χ1n) is 5.79. The summed E-state index contributed by atoms with van der Waals surface area (Å²) in [6, 6.07) is 7.74. The molecule has 2 nitrogen and oxygen atoms in total. The van der Waals surface area contributed by atoms with E-state index < -0.39 is 0 Å². The van der Waals surface area contributed by atoms with Gasteiger partial charge in [0.05, 0.1) is 0 Å². The Balaban J connectivity index is 2.23. The average molecular weight is 236 g/mol. The van der Waals surface area contributed by atoms with Gasteiger partial charge in [-0.1, -0.05) is 24.3 Å². The minimum absolute atomic E-state index is 0.809. The van der Waals surface area contributed by atoms with Crippen LogP contribution in [0.3, 0.4) is 0 Å². The maximum absolute atomic E-state index is 5.61. The van der Waals surface area contributed by atoms with Crippen molar-refractivity contribution in [3.63, 3.8) is 0 Å². The summed E-state index contributed by atoms with van der Waals surface area (Å²) in [5, 5.41) is 0.